The van der Waals surface area contributed by atoms with Crippen molar-refractivity contribution in [3.8, 4) is 0 Å². The summed E-state index contributed by atoms with van der Waals surface area (Å²) in [5, 5.41) is 10.3. The normalized spacial score (nSPS) is 11.2. The molecule has 0 atom stereocenters. The minimum absolute atomic E-state index is 0.0378. The third-order valence-electron chi connectivity index (χ3n) is 2.27. The van der Waals surface area contributed by atoms with E-state index in [0.29, 0.717) is 0 Å². The molecule has 0 aromatic carbocycles. The molecule has 2 N–H and O–H groups in total. The van der Waals surface area contributed by atoms with Gasteiger partial charge in [-0.2, -0.15) is 0 Å². The Morgan fingerprint density at radius 1 is 1.45 bits per heavy atom. The molecule has 7 nitrogen and oxygen atoms in total. The molecule has 0 spiro atoms. The highest BCUT2D eigenvalue weighted by atomic mass is 32.2. The fourth-order valence-corrected chi connectivity index (χ4v) is 3.75. The molecule has 0 amide bonds. The summed E-state index contributed by atoms with van der Waals surface area (Å²) in [5.74, 6) is -1.68. The molecular formula is C11H15NO6S2. The molecule has 1 aromatic rings. The summed E-state index contributed by atoms with van der Waals surface area (Å²) in [5.41, 5.74) is 0. The molecule has 112 valence electrons. The van der Waals surface area contributed by atoms with E-state index in [1.165, 1.54) is 11.4 Å². The third kappa shape index (κ3) is 4.58. The van der Waals surface area contributed by atoms with Gasteiger partial charge in [0, 0.05) is 13.0 Å². The van der Waals surface area contributed by atoms with Crippen LogP contribution in [0.3, 0.4) is 0 Å². The lowest BCUT2D eigenvalue weighted by Crippen LogP contribution is -2.26. The second-order valence-electron chi connectivity index (χ2n) is 3.73. The maximum Gasteiger partial charge on any atom is 0.347 e. The van der Waals surface area contributed by atoms with Crippen molar-refractivity contribution in [1.29, 1.82) is 0 Å². The van der Waals surface area contributed by atoms with Gasteiger partial charge in [0.1, 0.15) is 9.77 Å². The summed E-state index contributed by atoms with van der Waals surface area (Å²) in [6.45, 7) is 2.00. The van der Waals surface area contributed by atoms with E-state index >= 15 is 0 Å². The summed E-state index contributed by atoms with van der Waals surface area (Å²) < 4.78 is 30.8. The molecule has 0 aliphatic heterocycles. The Morgan fingerprint density at radius 2 is 2.15 bits per heavy atom. The van der Waals surface area contributed by atoms with Gasteiger partial charge in [-0.3, -0.25) is 4.79 Å². The maximum absolute atomic E-state index is 11.9. The number of thiophene rings is 1. The van der Waals surface area contributed by atoms with Crippen LogP contribution in [0.25, 0.3) is 0 Å². The Bertz CT molecular complexity index is 577. The number of sulfonamides is 1. The molecule has 0 aliphatic carbocycles. The van der Waals surface area contributed by atoms with Crippen LogP contribution >= 0.6 is 11.3 Å². The Kier molecular flexibility index (Phi) is 6.11. The maximum atomic E-state index is 11.9. The predicted molar refractivity (Wildman–Crippen MR) is 72.3 cm³/mol. The number of carbonyl (C=O) groups excluding carboxylic acids is 1. The average molecular weight is 321 g/mol. The van der Waals surface area contributed by atoms with Gasteiger partial charge in [-0.25, -0.2) is 17.9 Å². The minimum Gasteiger partial charge on any atom is -0.477 e. The van der Waals surface area contributed by atoms with Crippen molar-refractivity contribution < 1.29 is 27.9 Å². The summed E-state index contributed by atoms with van der Waals surface area (Å²) in [6.07, 6.45) is 0.385. The summed E-state index contributed by atoms with van der Waals surface area (Å²) in [7, 11) is -3.88. The van der Waals surface area contributed by atoms with Crippen LogP contribution in [0, 0.1) is 0 Å². The Hall–Kier alpha value is -1.45. The Balaban J connectivity index is 2.56. The zero-order chi connectivity index (χ0) is 15.2. The van der Waals surface area contributed by atoms with Gasteiger partial charge in [0.25, 0.3) is 0 Å². The van der Waals surface area contributed by atoms with Gasteiger partial charge in [0.15, 0.2) is 0 Å². The van der Waals surface area contributed by atoms with Crippen LogP contribution in [0.2, 0.25) is 0 Å². The Morgan fingerprint density at radius 3 is 2.75 bits per heavy atom. The number of hydrogen-bond donors (Lipinski definition) is 2. The molecule has 0 saturated heterocycles. The number of aromatic carboxylic acids is 1. The van der Waals surface area contributed by atoms with E-state index in [1.54, 1.807) is 6.92 Å². The highest BCUT2D eigenvalue weighted by molar-refractivity contribution is 7.89. The van der Waals surface area contributed by atoms with E-state index in [0.717, 1.165) is 11.3 Å². The fraction of sp³-hybridized carbons (Fsp3) is 0.455. The quantitative estimate of drug-likeness (QED) is 0.547. The lowest BCUT2D eigenvalue weighted by atomic mass is 10.3. The van der Waals surface area contributed by atoms with E-state index in [2.05, 4.69) is 4.72 Å². The molecule has 0 unspecified atom stereocenters. The van der Waals surface area contributed by atoms with Gasteiger partial charge < -0.3 is 9.84 Å². The number of carbonyl (C=O) groups is 2. The largest absolute Gasteiger partial charge is 0.477 e. The third-order valence-corrected chi connectivity index (χ3v) is 4.80. The first-order valence-corrected chi connectivity index (χ1v) is 8.21. The molecular weight excluding hydrogens is 306 g/mol. The molecule has 0 aliphatic rings. The number of carboxylic acid groups (broad SMARTS) is 1. The van der Waals surface area contributed by atoms with E-state index in [-0.39, 0.29) is 35.8 Å². The first-order chi connectivity index (χ1) is 9.38. The van der Waals surface area contributed by atoms with Gasteiger partial charge in [-0.1, -0.05) is 0 Å². The lowest BCUT2D eigenvalue weighted by molar-refractivity contribution is -0.143. The zero-order valence-corrected chi connectivity index (χ0v) is 12.4. The van der Waals surface area contributed by atoms with Gasteiger partial charge in [0.2, 0.25) is 10.0 Å². The van der Waals surface area contributed by atoms with Gasteiger partial charge in [0.05, 0.1) is 6.61 Å². The molecule has 0 radical (unpaired) electrons. The van der Waals surface area contributed by atoms with Gasteiger partial charge in [-0.15, -0.1) is 11.3 Å². The number of esters is 1. The SMILES string of the molecule is CCOC(=O)CCCNS(=O)(=O)c1ccsc1C(=O)O. The molecule has 1 rings (SSSR count). The van der Waals surface area contributed by atoms with Gasteiger partial charge in [-0.05, 0) is 24.8 Å². The van der Waals surface area contributed by atoms with Crippen LogP contribution in [-0.2, 0) is 19.6 Å². The number of carboxylic acids is 1. The van der Waals surface area contributed by atoms with Crippen LogP contribution < -0.4 is 4.72 Å². The van der Waals surface area contributed by atoms with Crippen molar-refractivity contribution >= 4 is 33.3 Å². The summed E-state index contributed by atoms with van der Waals surface area (Å²) in [4.78, 5) is 21.5. The fourth-order valence-electron chi connectivity index (χ4n) is 1.42. The number of rotatable bonds is 8. The van der Waals surface area contributed by atoms with Crippen LogP contribution in [0.15, 0.2) is 16.3 Å². The van der Waals surface area contributed by atoms with Gasteiger partial charge >= 0.3 is 11.9 Å². The van der Waals surface area contributed by atoms with E-state index in [1.807, 2.05) is 0 Å². The molecule has 20 heavy (non-hydrogen) atoms. The summed E-state index contributed by atoms with van der Waals surface area (Å²) >= 11 is 0.842. The van der Waals surface area contributed by atoms with Crippen molar-refractivity contribution in [2.45, 2.75) is 24.7 Å². The Labute approximate surface area is 120 Å². The van der Waals surface area contributed by atoms with E-state index in [4.69, 9.17) is 9.84 Å². The standard InChI is InChI=1S/C11H15NO6S2/c1-2-18-9(13)4-3-6-12-20(16,17)8-5-7-19-10(8)11(14)15/h5,7,12H,2-4,6H2,1H3,(H,14,15). The van der Waals surface area contributed by atoms with Crippen molar-refractivity contribution in [3.05, 3.63) is 16.3 Å². The van der Waals surface area contributed by atoms with Crippen molar-refractivity contribution in [2.24, 2.45) is 0 Å². The minimum atomic E-state index is -3.88. The number of hydrogen-bond acceptors (Lipinski definition) is 6. The summed E-state index contributed by atoms with van der Waals surface area (Å²) in [6, 6.07) is 1.24. The average Bonchev–Trinajstić information content (AvgIpc) is 2.85. The second kappa shape index (κ2) is 7.36. The molecule has 0 saturated carbocycles. The van der Waals surface area contributed by atoms with Crippen LogP contribution in [-0.4, -0.2) is 38.6 Å². The second-order valence-corrected chi connectivity index (χ2v) is 6.38. The highest BCUT2D eigenvalue weighted by Gasteiger charge is 2.23. The molecule has 0 fully saturated rings. The first kappa shape index (κ1) is 16.6. The number of ether oxygens (including phenoxy) is 1. The lowest BCUT2D eigenvalue weighted by Gasteiger charge is -2.06. The monoisotopic (exact) mass is 321 g/mol. The van der Waals surface area contributed by atoms with E-state index in [9.17, 15) is 18.0 Å². The van der Waals surface area contributed by atoms with Crippen molar-refractivity contribution in [2.75, 3.05) is 13.2 Å². The molecule has 9 heteroatoms. The predicted octanol–water partition coefficient (Wildman–Crippen LogP) is 1.07. The molecule has 1 heterocycles. The number of nitrogens with one attached hydrogen (secondary N) is 1. The smallest absolute Gasteiger partial charge is 0.347 e. The molecule has 1 aromatic heterocycles. The zero-order valence-electron chi connectivity index (χ0n) is 10.8. The van der Waals surface area contributed by atoms with Crippen LogP contribution in [0.5, 0.6) is 0 Å². The first-order valence-electron chi connectivity index (χ1n) is 5.84. The van der Waals surface area contributed by atoms with Crippen molar-refractivity contribution in [1.82, 2.24) is 4.72 Å². The highest BCUT2D eigenvalue weighted by Crippen LogP contribution is 2.21. The van der Waals surface area contributed by atoms with Crippen LogP contribution in [0.4, 0.5) is 0 Å². The van der Waals surface area contributed by atoms with Crippen molar-refractivity contribution in [3.63, 3.8) is 0 Å². The van der Waals surface area contributed by atoms with E-state index < -0.39 is 22.0 Å². The molecule has 0 bridgehead atoms. The van der Waals surface area contributed by atoms with Crippen LogP contribution in [0.1, 0.15) is 29.4 Å². The topological polar surface area (TPSA) is 110 Å².